The highest BCUT2D eigenvalue weighted by Crippen LogP contribution is 2.56. The van der Waals surface area contributed by atoms with Crippen LogP contribution < -0.4 is 9.47 Å². The molecule has 2 aromatic rings. The lowest BCUT2D eigenvalue weighted by molar-refractivity contribution is -0.288. The highest BCUT2D eigenvalue weighted by atomic mass is 19.4. The van der Waals surface area contributed by atoms with Crippen LogP contribution >= 0.6 is 0 Å². The molecule has 12 heteroatoms. The molecule has 0 radical (unpaired) electrons. The van der Waals surface area contributed by atoms with Crippen molar-refractivity contribution in [2.75, 3.05) is 13.7 Å². The van der Waals surface area contributed by atoms with Gasteiger partial charge in [-0.1, -0.05) is 24.3 Å². The largest absolute Gasteiger partial charge is 0.497 e. The van der Waals surface area contributed by atoms with Crippen molar-refractivity contribution >= 4 is 0 Å². The number of aliphatic hydroxyl groups is 3. The number of rotatable bonds is 5. The molecular formula is C21H20F6O6. The van der Waals surface area contributed by atoms with Gasteiger partial charge in [0.15, 0.2) is 0 Å². The monoisotopic (exact) mass is 482 g/mol. The molecule has 1 fully saturated rings. The summed E-state index contributed by atoms with van der Waals surface area (Å²) in [7, 11) is 1.22. The smallest absolute Gasteiger partial charge is 0.411 e. The van der Waals surface area contributed by atoms with Crippen molar-refractivity contribution in [1.82, 2.24) is 0 Å². The number of halogens is 6. The van der Waals surface area contributed by atoms with Crippen LogP contribution in [-0.2, 0) is 10.2 Å². The molecule has 1 aliphatic rings. The Morgan fingerprint density at radius 1 is 0.758 bits per heavy atom. The van der Waals surface area contributed by atoms with E-state index in [0.29, 0.717) is 24.3 Å². The highest BCUT2D eigenvalue weighted by molar-refractivity contribution is 5.47. The van der Waals surface area contributed by atoms with Crippen molar-refractivity contribution in [3.05, 3.63) is 59.7 Å². The van der Waals surface area contributed by atoms with Gasteiger partial charge >= 0.3 is 12.4 Å². The fourth-order valence-electron chi connectivity index (χ4n) is 3.62. The Morgan fingerprint density at radius 2 is 1.21 bits per heavy atom. The number of hydrogen-bond acceptors (Lipinski definition) is 6. The van der Waals surface area contributed by atoms with Crippen LogP contribution in [0.1, 0.15) is 11.1 Å². The Balaban J connectivity index is 2.01. The lowest BCUT2D eigenvalue weighted by Crippen LogP contribution is -2.55. The van der Waals surface area contributed by atoms with E-state index in [0.717, 1.165) is 24.3 Å². The molecule has 6 nitrogen and oxygen atoms in total. The van der Waals surface area contributed by atoms with Crippen LogP contribution in [0.2, 0.25) is 0 Å². The van der Waals surface area contributed by atoms with E-state index >= 15 is 0 Å². The molecule has 0 aliphatic carbocycles. The van der Waals surface area contributed by atoms with Crippen LogP contribution in [0, 0.1) is 0 Å². The average Bonchev–Trinajstić information content (AvgIpc) is 2.74. The first kappa shape index (κ1) is 25.1. The Hall–Kier alpha value is -2.54. The van der Waals surface area contributed by atoms with Gasteiger partial charge in [0, 0.05) is 0 Å². The predicted molar refractivity (Wildman–Crippen MR) is 101 cm³/mol. The minimum atomic E-state index is -5.76. The zero-order valence-electron chi connectivity index (χ0n) is 17.0. The van der Waals surface area contributed by atoms with E-state index in [4.69, 9.17) is 14.2 Å². The third kappa shape index (κ3) is 4.47. The minimum absolute atomic E-state index is 0.0825. The highest BCUT2D eigenvalue weighted by Gasteiger charge is 2.72. The van der Waals surface area contributed by atoms with E-state index in [2.05, 4.69) is 0 Å². The van der Waals surface area contributed by atoms with E-state index in [1.165, 1.54) is 7.11 Å². The van der Waals surface area contributed by atoms with E-state index < -0.39 is 60.1 Å². The van der Waals surface area contributed by atoms with Gasteiger partial charge < -0.3 is 29.5 Å². The number of methoxy groups -OCH3 is 1. The van der Waals surface area contributed by atoms with Gasteiger partial charge in [0.1, 0.15) is 29.8 Å². The van der Waals surface area contributed by atoms with Crippen molar-refractivity contribution in [3.8, 4) is 11.5 Å². The number of aliphatic hydroxyl groups excluding tert-OH is 3. The average molecular weight is 482 g/mol. The third-order valence-electron chi connectivity index (χ3n) is 5.37. The van der Waals surface area contributed by atoms with Crippen LogP contribution in [0.4, 0.5) is 26.3 Å². The summed E-state index contributed by atoms with van der Waals surface area (Å²) in [6.07, 6.45) is -17.7. The minimum Gasteiger partial charge on any atom is -0.497 e. The van der Waals surface area contributed by atoms with Gasteiger partial charge in [-0.25, -0.2) is 0 Å². The molecule has 1 saturated heterocycles. The van der Waals surface area contributed by atoms with Gasteiger partial charge in [0.05, 0.1) is 13.7 Å². The van der Waals surface area contributed by atoms with Crippen LogP contribution in [0.5, 0.6) is 11.5 Å². The topological polar surface area (TPSA) is 88.4 Å². The normalized spacial score (nSPS) is 24.4. The summed E-state index contributed by atoms with van der Waals surface area (Å²) >= 11 is 0. The fraction of sp³-hybridized carbons (Fsp3) is 0.429. The second-order valence-electron chi connectivity index (χ2n) is 7.37. The zero-order valence-corrected chi connectivity index (χ0v) is 17.0. The second-order valence-corrected chi connectivity index (χ2v) is 7.37. The molecule has 0 saturated carbocycles. The summed E-state index contributed by atoms with van der Waals surface area (Å²) in [6.45, 7) is -0.399. The molecule has 2 aromatic carbocycles. The van der Waals surface area contributed by atoms with Crippen LogP contribution in [0.3, 0.4) is 0 Å². The molecule has 0 amide bonds. The lowest BCUT2D eigenvalue weighted by atomic mass is 9.73. The van der Waals surface area contributed by atoms with Crippen LogP contribution in [0.15, 0.2) is 48.5 Å². The second kappa shape index (κ2) is 9.01. The molecule has 3 rings (SSSR count). The van der Waals surface area contributed by atoms with Crippen LogP contribution in [0.25, 0.3) is 0 Å². The molecule has 3 N–H and O–H groups in total. The maximum Gasteiger partial charge on any atom is 0.411 e. The Bertz CT molecular complexity index is 914. The number of alkyl halides is 6. The quantitative estimate of drug-likeness (QED) is 0.569. The SMILES string of the molecule is COc1ccc(C(c2ccc(O[C@H]3OC[C@H](O)[C@H](O)[C@H]3O)cc2)(C(F)(F)F)C(F)(F)F)cc1. The summed E-state index contributed by atoms with van der Waals surface area (Å²) < 4.78 is 99.9. The standard InChI is InChI=1S/C21H20F6O6/c1-31-13-6-2-11(3-7-13)19(20(22,23)24,21(25,26)27)12-4-8-14(9-5-12)33-18-17(30)16(29)15(28)10-32-18/h2-9,15-18,28-30H,10H2,1H3/t15-,16-,17+,18+/m0/s1. The first-order valence-corrected chi connectivity index (χ1v) is 9.54. The molecule has 0 unspecified atom stereocenters. The molecule has 0 bridgehead atoms. The van der Waals surface area contributed by atoms with E-state index in [1.54, 1.807) is 0 Å². The van der Waals surface area contributed by atoms with E-state index in [-0.39, 0.29) is 11.5 Å². The van der Waals surface area contributed by atoms with Crippen molar-refractivity contribution in [2.24, 2.45) is 0 Å². The molecule has 182 valence electrons. The van der Waals surface area contributed by atoms with Gasteiger partial charge in [-0.2, -0.15) is 26.3 Å². The van der Waals surface area contributed by atoms with Crippen molar-refractivity contribution in [1.29, 1.82) is 0 Å². The van der Waals surface area contributed by atoms with Gasteiger partial charge in [0.25, 0.3) is 0 Å². The number of hydrogen-bond donors (Lipinski definition) is 3. The maximum absolute atomic E-state index is 14.1. The molecule has 1 aliphatic heterocycles. The summed E-state index contributed by atoms with van der Waals surface area (Å²) in [4.78, 5) is 0. The third-order valence-corrected chi connectivity index (χ3v) is 5.37. The molecule has 4 atom stereocenters. The van der Waals surface area contributed by atoms with Gasteiger partial charge in [-0.05, 0) is 35.4 Å². The Labute approximate surface area is 183 Å². The van der Waals surface area contributed by atoms with Crippen molar-refractivity contribution < 1.29 is 55.9 Å². The van der Waals surface area contributed by atoms with Crippen LogP contribution in [-0.4, -0.2) is 66.0 Å². The molecule has 1 heterocycles. The summed E-state index contributed by atoms with van der Waals surface area (Å²) in [5.74, 6) is -0.140. The summed E-state index contributed by atoms with van der Waals surface area (Å²) in [5, 5.41) is 29.0. The van der Waals surface area contributed by atoms with E-state index in [1.807, 2.05) is 0 Å². The molecule has 0 spiro atoms. The van der Waals surface area contributed by atoms with Crippen molar-refractivity contribution in [2.45, 2.75) is 42.4 Å². The predicted octanol–water partition coefficient (Wildman–Crippen LogP) is 2.92. The van der Waals surface area contributed by atoms with Gasteiger partial charge in [-0.3, -0.25) is 0 Å². The molecule has 33 heavy (non-hydrogen) atoms. The molecular weight excluding hydrogens is 462 g/mol. The van der Waals surface area contributed by atoms with E-state index in [9.17, 15) is 41.7 Å². The van der Waals surface area contributed by atoms with Gasteiger partial charge in [0.2, 0.25) is 11.7 Å². The Morgan fingerprint density at radius 3 is 1.64 bits per heavy atom. The summed E-state index contributed by atoms with van der Waals surface area (Å²) in [5.41, 5.74) is -6.51. The Kier molecular flexibility index (Phi) is 6.85. The van der Waals surface area contributed by atoms with Crippen molar-refractivity contribution in [3.63, 3.8) is 0 Å². The first-order chi connectivity index (χ1) is 15.3. The first-order valence-electron chi connectivity index (χ1n) is 9.54. The zero-order chi connectivity index (χ0) is 24.6. The number of ether oxygens (including phenoxy) is 3. The fourth-order valence-corrected chi connectivity index (χ4v) is 3.62. The van der Waals surface area contributed by atoms with Gasteiger partial charge in [-0.15, -0.1) is 0 Å². The molecule has 0 aromatic heterocycles. The maximum atomic E-state index is 14.1. The number of benzene rings is 2. The lowest BCUT2D eigenvalue weighted by Gasteiger charge is -2.38. The summed E-state index contributed by atoms with van der Waals surface area (Å²) in [6, 6.07) is 6.34.